The van der Waals surface area contributed by atoms with E-state index in [4.69, 9.17) is 16.7 Å². The molecule has 5 heteroatoms. The molecule has 4 nitrogen and oxygen atoms in total. The molecular formula is C12H17ClN2O2. The van der Waals surface area contributed by atoms with Gasteiger partial charge in [0.05, 0.1) is 0 Å². The first-order chi connectivity index (χ1) is 8.06. The average Bonchev–Trinajstić information content (AvgIpc) is 2.28. The first-order valence-electron chi connectivity index (χ1n) is 5.65. The van der Waals surface area contributed by atoms with Gasteiger partial charge in [0.1, 0.15) is 5.15 Å². The number of aromatic nitrogens is 1. The summed E-state index contributed by atoms with van der Waals surface area (Å²) in [6, 6.07) is 3.21. The number of amides is 1. The minimum atomic E-state index is -0.190. The molecule has 1 atom stereocenters. The topological polar surface area (TPSA) is 62.2 Å². The molecule has 0 radical (unpaired) electrons. The van der Waals surface area contributed by atoms with Gasteiger partial charge in [0.15, 0.2) is 0 Å². The second kappa shape index (κ2) is 6.57. The lowest BCUT2D eigenvalue weighted by atomic mass is 10.1. The standard InChI is InChI=1S/C12H17ClN2O2/c1-3-10-6-9(7-11(13)15-10)12(17)14-8(2)4-5-16/h6-8,16H,3-5H2,1-2H3,(H,14,17). The molecule has 1 rings (SSSR count). The molecule has 0 saturated carbocycles. The predicted octanol–water partition coefficient (Wildman–Crippen LogP) is 1.80. The van der Waals surface area contributed by atoms with Crippen molar-refractivity contribution in [3.63, 3.8) is 0 Å². The molecule has 0 spiro atoms. The van der Waals surface area contributed by atoms with Crippen molar-refractivity contribution in [3.05, 3.63) is 28.5 Å². The van der Waals surface area contributed by atoms with Gasteiger partial charge in [0.25, 0.3) is 5.91 Å². The second-order valence-electron chi connectivity index (χ2n) is 3.91. The van der Waals surface area contributed by atoms with Crippen LogP contribution in [0, 0.1) is 0 Å². The summed E-state index contributed by atoms with van der Waals surface area (Å²) in [5.41, 5.74) is 1.30. The monoisotopic (exact) mass is 256 g/mol. The van der Waals surface area contributed by atoms with Gasteiger partial charge in [-0.05, 0) is 31.9 Å². The number of hydrogen-bond donors (Lipinski definition) is 2. The number of hydrogen-bond acceptors (Lipinski definition) is 3. The number of rotatable bonds is 5. The lowest BCUT2D eigenvalue weighted by molar-refractivity contribution is 0.0934. The Labute approximate surface area is 106 Å². The average molecular weight is 257 g/mol. The fourth-order valence-corrected chi connectivity index (χ4v) is 1.66. The summed E-state index contributed by atoms with van der Waals surface area (Å²) in [7, 11) is 0. The van der Waals surface area contributed by atoms with E-state index in [9.17, 15) is 4.79 Å². The smallest absolute Gasteiger partial charge is 0.251 e. The van der Waals surface area contributed by atoms with Gasteiger partial charge in [-0.1, -0.05) is 18.5 Å². The van der Waals surface area contributed by atoms with E-state index in [1.807, 2.05) is 13.8 Å². The summed E-state index contributed by atoms with van der Waals surface area (Å²) in [5, 5.41) is 11.9. The van der Waals surface area contributed by atoms with E-state index in [-0.39, 0.29) is 18.6 Å². The number of carbonyl (C=O) groups is 1. The molecule has 2 N–H and O–H groups in total. The highest BCUT2D eigenvalue weighted by atomic mass is 35.5. The lowest BCUT2D eigenvalue weighted by Gasteiger charge is -2.12. The quantitative estimate of drug-likeness (QED) is 0.790. The highest BCUT2D eigenvalue weighted by molar-refractivity contribution is 6.29. The van der Waals surface area contributed by atoms with E-state index in [0.717, 1.165) is 12.1 Å². The minimum absolute atomic E-state index is 0.0543. The van der Waals surface area contributed by atoms with Crippen LogP contribution in [0.3, 0.4) is 0 Å². The van der Waals surface area contributed by atoms with Crippen LogP contribution in [0.2, 0.25) is 5.15 Å². The molecule has 1 unspecified atom stereocenters. The molecule has 1 amide bonds. The molecular weight excluding hydrogens is 240 g/mol. The summed E-state index contributed by atoms with van der Waals surface area (Å²) >= 11 is 5.84. The minimum Gasteiger partial charge on any atom is -0.396 e. The third-order valence-electron chi connectivity index (χ3n) is 2.41. The predicted molar refractivity (Wildman–Crippen MR) is 67.3 cm³/mol. The third-order valence-corrected chi connectivity index (χ3v) is 2.60. The van der Waals surface area contributed by atoms with Crippen LogP contribution in [0.5, 0.6) is 0 Å². The Morgan fingerprint density at radius 3 is 2.88 bits per heavy atom. The molecule has 0 aliphatic heterocycles. The maximum atomic E-state index is 11.9. The van der Waals surface area contributed by atoms with Crippen molar-refractivity contribution in [1.82, 2.24) is 10.3 Å². The van der Waals surface area contributed by atoms with Crippen LogP contribution < -0.4 is 5.32 Å². The Morgan fingerprint density at radius 1 is 1.59 bits per heavy atom. The first-order valence-corrected chi connectivity index (χ1v) is 6.02. The van der Waals surface area contributed by atoms with Gasteiger partial charge < -0.3 is 10.4 Å². The van der Waals surface area contributed by atoms with Crippen molar-refractivity contribution >= 4 is 17.5 Å². The molecule has 1 aromatic heterocycles. The van der Waals surface area contributed by atoms with E-state index in [0.29, 0.717) is 17.1 Å². The fraction of sp³-hybridized carbons (Fsp3) is 0.500. The molecule has 0 aromatic carbocycles. The van der Waals surface area contributed by atoms with Gasteiger partial charge >= 0.3 is 0 Å². The third kappa shape index (κ3) is 4.32. The molecule has 0 bridgehead atoms. The highest BCUT2D eigenvalue weighted by Gasteiger charge is 2.11. The van der Waals surface area contributed by atoms with Crippen molar-refractivity contribution in [2.45, 2.75) is 32.7 Å². The zero-order valence-electron chi connectivity index (χ0n) is 10.0. The first kappa shape index (κ1) is 13.9. The fourth-order valence-electron chi connectivity index (χ4n) is 1.44. The van der Waals surface area contributed by atoms with Crippen LogP contribution in [0.25, 0.3) is 0 Å². The number of halogens is 1. The summed E-state index contributed by atoms with van der Waals surface area (Å²) < 4.78 is 0. The van der Waals surface area contributed by atoms with Crippen molar-refractivity contribution in [1.29, 1.82) is 0 Å². The van der Waals surface area contributed by atoms with Crippen LogP contribution in [-0.2, 0) is 6.42 Å². The molecule has 0 aliphatic rings. The van der Waals surface area contributed by atoms with Gasteiger partial charge in [-0.25, -0.2) is 4.98 Å². The van der Waals surface area contributed by atoms with Gasteiger partial charge in [-0.15, -0.1) is 0 Å². The zero-order chi connectivity index (χ0) is 12.8. The van der Waals surface area contributed by atoms with E-state index in [2.05, 4.69) is 10.3 Å². The van der Waals surface area contributed by atoms with Gasteiger partial charge in [-0.3, -0.25) is 4.79 Å². The Kier molecular flexibility index (Phi) is 5.38. The van der Waals surface area contributed by atoms with Gasteiger partial charge in [-0.2, -0.15) is 0 Å². The summed E-state index contributed by atoms with van der Waals surface area (Å²) in [4.78, 5) is 16.0. The normalized spacial score (nSPS) is 12.2. The summed E-state index contributed by atoms with van der Waals surface area (Å²) in [6.45, 7) is 3.85. The number of nitrogens with zero attached hydrogens (tertiary/aromatic N) is 1. The SMILES string of the molecule is CCc1cc(C(=O)NC(C)CCO)cc(Cl)n1. The lowest BCUT2D eigenvalue weighted by Crippen LogP contribution is -2.33. The van der Waals surface area contributed by atoms with Crippen LogP contribution in [0.4, 0.5) is 0 Å². The zero-order valence-corrected chi connectivity index (χ0v) is 10.8. The molecule has 0 saturated heterocycles. The molecule has 17 heavy (non-hydrogen) atoms. The van der Waals surface area contributed by atoms with E-state index < -0.39 is 0 Å². The number of pyridine rings is 1. The Hall–Kier alpha value is -1.13. The van der Waals surface area contributed by atoms with Crippen LogP contribution in [-0.4, -0.2) is 28.6 Å². The maximum absolute atomic E-state index is 11.9. The maximum Gasteiger partial charge on any atom is 0.251 e. The number of carbonyl (C=O) groups excluding carboxylic acids is 1. The van der Waals surface area contributed by atoms with Crippen LogP contribution in [0.15, 0.2) is 12.1 Å². The van der Waals surface area contributed by atoms with Crippen LogP contribution >= 0.6 is 11.6 Å². The van der Waals surface area contributed by atoms with E-state index in [1.165, 1.54) is 0 Å². The van der Waals surface area contributed by atoms with E-state index >= 15 is 0 Å². The summed E-state index contributed by atoms with van der Waals surface area (Å²) in [6.07, 6.45) is 1.26. The van der Waals surface area contributed by atoms with Crippen molar-refractivity contribution in [2.24, 2.45) is 0 Å². The largest absolute Gasteiger partial charge is 0.396 e. The molecule has 0 fully saturated rings. The molecule has 94 valence electrons. The van der Waals surface area contributed by atoms with Gasteiger partial charge in [0.2, 0.25) is 0 Å². The number of aliphatic hydroxyl groups is 1. The van der Waals surface area contributed by atoms with Gasteiger partial charge in [0, 0.05) is 23.9 Å². The highest BCUT2D eigenvalue weighted by Crippen LogP contribution is 2.11. The number of aliphatic hydroxyl groups excluding tert-OH is 1. The second-order valence-corrected chi connectivity index (χ2v) is 4.30. The van der Waals surface area contributed by atoms with Crippen molar-refractivity contribution in [3.8, 4) is 0 Å². The molecule has 1 aromatic rings. The van der Waals surface area contributed by atoms with E-state index in [1.54, 1.807) is 12.1 Å². The Morgan fingerprint density at radius 2 is 2.29 bits per heavy atom. The van der Waals surface area contributed by atoms with Crippen LogP contribution in [0.1, 0.15) is 36.3 Å². The Balaban J connectivity index is 2.78. The Bertz CT molecular complexity index is 396. The number of nitrogens with one attached hydrogen (secondary N) is 1. The number of aryl methyl sites for hydroxylation is 1. The van der Waals surface area contributed by atoms with Crippen molar-refractivity contribution in [2.75, 3.05) is 6.61 Å². The van der Waals surface area contributed by atoms with Crippen molar-refractivity contribution < 1.29 is 9.90 Å². The molecule has 0 aliphatic carbocycles. The molecule has 1 heterocycles. The summed E-state index contributed by atoms with van der Waals surface area (Å²) in [5.74, 6) is -0.190.